The molecule has 1 amide bonds. The van der Waals surface area contributed by atoms with E-state index in [0.29, 0.717) is 6.54 Å². The number of hydrogen-bond acceptors (Lipinski definition) is 5. The Bertz CT molecular complexity index is 755. The van der Waals surface area contributed by atoms with Gasteiger partial charge in [0.1, 0.15) is 11.4 Å². The van der Waals surface area contributed by atoms with Crippen molar-refractivity contribution < 1.29 is 18.7 Å². The number of amides is 1. The summed E-state index contributed by atoms with van der Waals surface area (Å²) in [5, 5.41) is 3.17. The Hall–Kier alpha value is -1.57. The van der Waals surface area contributed by atoms with Crippen LogP contribution in [-0.2, 0) is 9.16 Å². The lowest BCUT2D eigenvalue weighted by atomic mass is 9.98. The first kappa shape index (κ1) is 26.7. The van der Waals surface area contributed by atoms with Crippen LogP contribution in [0, 0.1) is 0 Å². The van der Waals surface area contributed by atoms with Crippen molar-refractivity contribution in [3.8, 4) is 5.75 Å². The molecule has 0 spiro atoms. The van der Waals surface area contributed by atoms with E-state index in [2.05, 4.69) is 56.2 Å². The number of methoxy groups -OCH3 is 1. The number of rotatable bonds is 8. The van der Waals surface area contributed by atoms with Crippen molar-refractivity contribution in [1.29, 1.82) is 0 Å². The Balaban J connectivity index is 2.06. The average molecular weight is 465 g/mol. The monoisotopic (exact) mass is 464 g/mol. The average Bonchev–Trinajstić information content (AvgIpc) is 3.09. The third-order valence-corrected chi connectivity index (χ3v) is 11.0. The van der Waals surface area contributed by atoms with Crippen molar-refractivity contribution in [2.45, 2.75) is 83.7 Å². The van der Waals surface area contributed by atoms with Crippen molar-refractivity contribution >= 4 is 14.4 Å². The van der Waals surface area contributed by atoms with Gasteiger partial charge in [-0.05, 0) is 63.0 Å². The molecule has 1 aliphatic rings. The molecule has 1 fully saturated rings. The molecule has 1 aliphatic heterocycles. The van der Waals surface area contributed by atoms with E-state index in [-0.39, 0.29) is 23.2 Å². The molecule has 0 saturated carbocycles. The molecule has 6 nitrogen and oxygen atoms in total. The Kier molecular flexibility index (Phi) is 8.81. The van der Waals surface area contributed by atoms with E-state index in [1.54, 1.807) is 7.11 Å². The first-order chi connectivity index (χ1) is 14.7. The molecule has 0 unspecified atom stereocenters. The van der Waals surface area contributed by atoms with Crippen LogP contribution in [0.1, 0.15) is 59.4 Å². The number of carbonyl (C=O) groups excluding carboxylic acids is 1. The number of nitrogens with one attached hydrogen (secondary N) is 1. The van der Waals surface area contributed by atoms with E-state index in [9.17, 15) is 4.79 Å². The summed E-state index contributed by atoms with van der Waals surface area (Å²) in [6.45, 7) is 20.4. The van der Waals surface area contributed by atoms with Gasteiger partial charge in [0.15, 0.2) is 8.32 Å². The number of hydrogen-bond donors (Lipinski definition) is 1. The maximum atomic E-state index is 12.3. The van der Waals surface area contributed by atoms with Crippen molar-refractivity contribution in [3.05, 3.63) is 29.8 Å². The predicted molar refractivity (Wildman–Crippen MR) is 133 cm³/mol. The van der Waals surface area contributed by atoms with Crippen LogP contribution in [0.2, 0.25) is 18.1 Å². The van der Waals surface area contributed by atoms with E-state index in [4.69, 9.17) is 13.9 Å². The van der Waals surface area contributed by atoms with Gasteiger partial charge in [-0.25, -0.2) is 4.79 Å². The lowest BCUT2D eigenvalue weighted by molar-refractivity contribution is 0.0522. The van der Waals surface area contributed by atoms with E-state index in [1.807, 2.05) is 32.9 Å². The Morgan fingerprint density at radius 2 is 1.91 bits per heavy atom. The normalized spacial score (nSPS) is 19.0. The summed E-state index contributed by atoms with van der Waals surface area (Å²) in [5.74, 6) is 0.953. The van der Waals surface area contributed by atoms with Gasteiger partial charge >= 0.3 is 6.09 Å². The molecule has 1 saturated heterocycles. The second-order valence-electron chi connectivity index (χ2n) is 11.4. The number of carbonyl (C=O) groups is 1. The fourth-order valence-corrected chi connectivity index (χ4v) is 5.05. The molecule has 2 atom stereocenters. The number of nitrogens with zero attached hydrogens (tertiary/aromatic N) is 1. The summed E-state index contributed by atoms with van der Waals surface area (Å²) in [6, 6.07) is 8.10. The van der Waals surface area contributed by atoms with Gasteiger partial charge in [0.25, 0.3) is 0 Å². The third-order valence-electron chi connectivity index (χ3n) is 6.43. The molecule has 1 aromatic carbocycles. The van der Waals surface area contributed by atoms with Crippen LogP contribution in [0.25, 0.3) is 0 Å². The highest BCUT2D eigenvalue weighted by Crippen LogP contribution is 2.38. The van der Waals surface area contributed by atoms with E-state index in [0.717, 1.165) is 37.4 Å². The quantitative estimate of drug-likeness (QED) is 0.522. The van der Waals surface area contributed by atoms with Crippen molar-refractivity contribution in [2.24, 2.45) is 0 Å². The molecule has 32 heavy (non-hydrogen) atoms. The number of ether oxygens (including phenoxy) is 2. The van der Waals surface area contributed by atoms with E-state index >= 15 is 0 Å². The fraction of sp³-hybridized carbons (Fsp3) is 0.720. The van der Waals surface area contributed by atoms with Crippen LogP contribution < -0.4 is 10.1 Å². The number of likely N-dealkylation sites (tertiary alicyclic amines) is 1. The van der Waals surface area contributed by atoms with Gasteiger partial charge in [-0.2, -0.15) is 0 Å². The summed E-state index contributed by atoms with van der Waals surface area (Å²) in [5.41, 5.74) is 0.632. The number of benzene rings is 1. The molecule has 7 heteroatoms. The van der Waals surface area contributed by atoms with Crippen LogP contribution in [0.4, 0.5) is 4.79 Å². The minimum Gasteiger partial charge on any atom is -0.497 e. The molecule has 1 aromatic rings. The summed E-state index contributed by atoms with van der Waals surface area (Å²) in [7, 11) is -0.109. The van der Waals surface area contributed by atoms with Crippen LogP contribution in [0.3, 0.4) is 0 Å². The molecule has 1 N–H and O–H groups in total. The topological polar surface area (TPSA) is 60.0 Å². The van der Waals surface area contributed by atoms with Crippen molar-refractivity contribution in [1.82, 2.24) is 10.2 Å². The van der Waals surface area contributed by atoms with Gasteiger partial charge in [-0.15, -0.1) is 0 Å². The first-order valence-corrected chi connectivity index (χ1v) is 14.6. The van der Waals surface area contributed by atoms with Gasteiger partial charge in [0.05, 0.1) is 13.2 Å². The molecular formula is C25H44N2O4Si. The standard InChI is InChI=1S/C25H44N2O4Si/c1-24(2,3)30-23(28)26-16-20(19-11-10-12-21(15-19)29-7)17-27-14-13-22(18-27)31-32(8,9)25(4,5)6/h10-12,15,20,22H,13-14,16-18H2,1-9H3,(H,26,28)/t20-,22-/m0/s1. The zero-order valence-electron chi connectivity index (χ0n) is 21.6. The molecular weight excluding hydrogens is 420 g/mol. The molecule has 0 aromatic heterocycles. The summed E-state index contributed by atoms with van der Waals surface area (Å²) < 4.78 is 17.5. The first-order valence-electron chi connectivity index (χ1n) is 11.7. The SMILES string of the molecule is COc1cccc([C@@H](CNC(=O)OC(C)(C)C)CN2CC[C@H](O[Si](C)(C)C(C)(C)C)C2)c1. The fourth-order valence-electron chi connectivity index (χ4n) is 3.67. The van der Waals surface area contributed by atoms with Gasteiger partial charge < -0.3 is 24.1 Å². The van der Waals surface area contributed by atoms with Gasteiger partial charge in [0, 0.05) is 32.1 Å². The molecule has 0 radical (unpaired) electrons. The lowest BCUT2D eigenvalue weighted by Gasteiger charge is -2.38. The van der Waals surface area contributed by atoms with Crippen molar-refractivity contribution in [3.63, 3.8) is 0 Å². The zero-order valence-corrected chi connectivity index (χ0v) is 22.6. The Morgan fingerprint density at radius 3 is 2.50 bits per heavy atom. The molecule has 2 rings (SSSR count). The van der Waals surface area contributed by atoms with Crippen LogP contribution in [0.5, 0.6) is 5.75 Å². The molecule has 1 heterocycles. The number of alkyl carbamates (subject to hydrolysis) is 1. The largest absolute Gasteiger partial charge is 0.497 e. The van der Waals surface area contributed by atoms with Crippen LogP contribution in [-0.4, -0.2) is 64.3 Å². The van der Waals surface area contributed by atoms with Crippen LogP contribution >= 0.6 is 0 Å². The smallest absolute Gasteiger partial charge is 0.407 e. The van der Waals surface area contributed by atoms with Crippen LogP contribution in [0.15, 0.2) is 24.3 Å². The van der Waals surface area contributed by atoms with E-state index < -0.39 is 13.9 Å². The Labute approximate surface area is 196 Å². The Morgan fingerprint density at radius 1 is 1.22 bits per heavy atom. The van der Waals surface area contributed by atoms with Gasteiger partial charge in [-0.1, -0.05) is 32.9 Å². The highest BCUT2D eigenvalue weighted by atomic mass is 28.4. The molecule has 182 valence electrons. The summed E-state index contributed by atoms with van der Waals surface area (Å²) in [4.78, 5) is 14.7. The second-order valence-corrected chi connectivity index (χ2v) is 16.2. The maximum Gasteiger partial charge on any atom is 0.407 e. The molecule has 0 bridgehead atoms. The summed E-state index contributed by atoms with van der Waals surface area (Å²) in [6.07, 6.45) is 0.947. The predicted octanol–water partition coefficient (Wildman–Crippen LogP) is 5.40. The minimum atomic E-state index is -1.79. The lowest BCUT2D eigenvalue weighted by Crippen LogP contribution is -2.44. The third kappa shape index (κ3) is 8.09. The minimum absolute atomic E-state index is 0.129. The van der Waals surface area contributed by atoms with Gasteiger partial charge in [0.2, 0.25) is 0 Å². The zero-order chi connectivity index (χ0) is 24.2. The summed E-state index contributed by atoms with van der Waals surface area (Å²) >= 11 is 0. The highest BCUT2D eigenvalue weighted by Gasteiger charge is 2.40. The van der Waals surface area contributed by atoms with E-state index in [1.165, 1.54) is 0 Å². The van der Waals surface area contributed by atoms with Crippen molar-refractivity contribution in [2.75, 3.05) is 33.3 Å². The molecule has 0 aliphatic carbocycles. The second kappa shape index (κ2) is 10.6. The van der Waals surface area contributed by atoms with Gasteiger partial charge in [-0.3, -0.25) is 0 Å². The maximum absolute atomic E-state index is 12.3. The highest BCUT2D eigenvalue weighted by molar-refractivity contribution is 6.74.